The van der Waals surface area contributed by atoms with Gasteiger partial charge in [0.15, 0.2) is 0 Å². The van der Waals surface area contributed by atoms with Gasteiger partial charge in [0.2, 0.25) is 0 Å². The maximum Gasteiger partial charge on any atom is 0.132 e. The van der Waals surface area contributed by atoms with Gasteiger partial charge in [-0.25, -0.2) is 0 Å². The smallest absolute Gasteiger partial charge is 0.132 e. The van der Waals surface area contributed by atoms with Gasteiger partial charge < -0.3 is 15.4 Å². The number of nitrogens with zero attached hydrogens (tertiary/aromatic N) is 1. The number of carbonyl (C=O) groups is 1. The highest BCUT2D eigenvalue weighted by Gasteiger charge is 2.14. The lowest BCUT2D eigenvalue weighted by atomic mass is 10.0. The molecule has 102 valence electrons. The number of rotatable bonds is 4. The monoisotopic (exact) mass is 247 g/mol. The first-order valence-corrected chi connectivity index (χ1v) is 5.49. The minimum absolute atomic E-state index is 0.0255. The topological polar surface area (TPSA) is 90.1 Å². The molecule has 5 heteroatoms. The first kappa shape index (κ1) is 18.4. The maximum atomic E-state index is 10.3. The molecule has 0 heterocycles. The molecule has 3 N–H and O–H groups in total. The highest BCUT2D eigenvalue weighted by molar-refractivity contribution is 5.82. The third kappa shape index (κ3) is 21.0. The third-order valence-electron chi connectivity index (χ3n) is 1.54. The Morgan fingerprint density at radius 3 is 1.41 bits per heavy atom. The Morgan fingerprint density at radius 2 is 1.35 bits per heavy atom. The van der Waals surface area contributed by atoms with Crippen molar-refractivity contribution in [3.05, 3.63) is 0 Å². The number of ketones is 1. The fourth-order valence-corrected chi connectivity index (χ4v) is 1.27. The number of carbonyl (C=O) groups excluding carboxylic acids is 1. The Labute approximate surface area is 103 Å². The second-order valence-electron chi connectivity index (χ2n) is 5.52. The summed E-state index contributed by atoms with van der Waals surface area (Å²) in [4.78, 5) is 10.3. The Bertz CT molecular complexity index is 259. The van der Waals surface area contributed by atoms with Crippen LogP contribution in [0.4, 0.5) is 0 Å². The molecule has 0 saturated heterocycles. The molecule has 17 heavy (non-hydrogen) atoms. The van der Waals surface area contributed by atoms with Gasteiger partial charge >= 0.3 is 0 Å². The minimum atomic E-state index is -0.828. The van der Waals surface area contributed by atoms with Gasteiger partial charge in [0.05, 0.1) is 16.9 Å². The van der Waals surface area contributed by atoms with Gasteiger partial charge in [-0.1, -0.05) is 5.16 Å². The summed E-state index contributed by atoms with van der Waals surface area (Å²) in [6.45, 7) is 9.71. The second kappa shape index (κ2) is 7.40. The van der Waals surface area contributed by atoms with E-state index in [4.69, 9.17) is 15.4 Å². The minimum Gasteiger partial charge on any atom is -0.411 e. The lowest BCUT2D eigenvalue weighted by molar-refractivity contribution is -0.120. The molecule has 0 saturated carbocycles. The largest absolute Gasteiger partial charge is 0.411 e. The van der Waals surface area contributed by atoms with Gasteiger partial charge in [0, 0.05) is 12.8 Å². The van der Waals surface area contributed by atoms with Gasteiger partial charge in [-0.2, -0.15) is 0 Å². The first-order valence-electron chi connectivity index (χ1n) is 5.49. The van der Waals surface area contributed by atoms with E-state index in [2.05, 4.69) is 5.16 Å². The van der Waals surface area contributed by atoms with Crippen LogP contribution in [0.3, 0.4) is 0 Å². The fraction of sp³-hybridized carbons (Fsp3) is 0.833. The van der Waals surface area contributed by atoms with Crippen LogP contribution in [0.15, 0.2) is 5.16 Å². The van der Waals surface area contributed by atoms with Gasteiger partial charge in [0.1, 0.15) is 5.78 Å². The van der Waals surface area contributed by atoms with Crippen LogP contribution in [-0.4, -0.2) is 38.1 Å². The molecule has 5 nitrogen and oxygen atoms in total. The highest BCUT2D eigenvalue weighted by atomic mass is 16.4. The first-order chi connectivity index (χ1) is 7.37. The predicted octanol–water partition coefficient (Wildman–Crippen LogP) is 1.73. The van der Waals surface area contributed by atoms with E-state index in [1.54, 1.807) is 34.6 Å². The lowest BCUT2D eigenvalue weighted by Crippen LogP contribution is -2.21. The van der Waals surface area contributed by atoms with Crippen molar-refractivity contribution in [1.29, 1.82) is 0 Å². The molecule has 0 amide bonds. The highest BCUT2D eigenvalue weighted by Crippen LogP contribution is 2.07. The number of oxime groups is 1. The van der Waals surface area contributed by atoms with Crippen LogP contribution in [0.1, 0.15) is 54.4 Å². The summed E-state index contributed by atoms with van der Waals surface area (Å²) >= 11 is 0. The van der Waals surface area contributed by atoms with Crippen LogP contribution in [0.2, 0.25) is 0 Å². The molecular weight excluding hydrogens is 222 g/mol. The Morgan fingerprint density at radius 1 is 1.00 bits per heavy atom. The predicted molar refractivity (Wildman–Crippen MR) is 67.4 cm³/mol. The van der Waals surface area contributed by atoms with Crippen molar-refractivity contribution < 1.29 is 20.2 Å². The maximum absolute atomic E-state index is 10.3. The number of hydrogen-bond donors (Lipinski definition) is 3. The molecule has 0 unspecified atom stereocenters. The van der Waals surface area contributed by atoms with Crippen molar-refractivity contribution in [3.8, 4) is 0 Å². The molecule has 0 aliphatic carbocycles. The summed E-state index contributed by atoms with van der Waals surface area (Å²) in [6.07, 6.45) is 0.649. The standard InChI is InChI=1S/C6H13NO2.C6H12O2/c1-5(7-9)4-6(2,3)8;1-5(7)4-6(2,3)8/h8-9H,4H2,1-3H3;8H,4H2,1-3H3/b7-5+;. The summed E-state index contributed by atoms with van der Waals surface area (Å²) in [5.74, 6) is 0.0255. The van der Waals surface area contributed by atoms with Crippen LogP contribution in [-0.2, 0) is 4.79 Å². The van der Waals surface area contributed by atoms with Crippen molar-refractivity contribution in [1.82, 2.24) is 0 Å². The van der Waals surface area contributed by atoms with E-state index in [-0.39, 0.29) is 12.2 Å². The molecule has 0 aliphatic rings. The normalized spacial score (nSPS) is 12.8. The van der Waals surface area contributed by atoms with E-state index in [1.165, 1.54) is 6.92 Å². The van der Waals surface area contributed by atoms with Gasteiger partial charge in [0.25, 0.3) is 0 Å². The van der Waals surface area contributed by atoms with E-state index >= 15 is 0 Å². The SMILES string of the molecule is C/C(CC(C)(C)O)=N\O.CC(=O)CC(C)(C)O. The molecule has 0 radical (unpaired) electrons. The molecule has 0 fully saturated rings. The van der Waals surface area contributed by atoms with Crippen LogP contribution in [0.5, 0.6) is 0 Å². The van der Waals surface area contributed by atoms with Crippen molar-refractivity contribution in [2.75, 3.05) is 0 Å². The van der Waals surface area contributed by atoms with E-state index in [9.17, 15) is 4.79 Å². The third-order valence-corrected chi connectivity index (χ3v) is 1.54. The van der Waals surface area contributed by atoms with Crippen molar-refractivity contribution in [2.24, 2.45) is 5.16 Å². The number of Topliss-reactive ketones (excluding diaryl/α,β-unsaturated/α-hetero) is 1. The van der Waals surface area contributed by atoms with Crippen LogP contribution >= 0.6 is 0 Å². The Balaban J connectivity index is 0. The summed E-state index contributed by atoms with van der Waals surface area (Å²) in [7, 11) is 0. The molecular formula is C12H25NO4. The quantitative estimate of drug-likeness (QED) is 0.401. The van der Waals surface area contributed by atoms with Gasteiger partial charge in [-0.3, -0.25) is 4.79 Å². The zero-order chi connectivity index (χ0) is 14.3. The molecule has 0 spiro atoms. The van der Waals surface area contributed by atoms with Crippen molar-refractivity contribution >= 4 is 11.5 Å². The summed E-state index contributed by atoms with van der Waals surface area (Å²) in [6, 6.07) is 0. The summed E-state index contributed by atoms with van der Waals surface area (Å²) < 4.78 is 0. The number of hydrogen-bond acceptors (Lipinski definition) is 5. The second-order valence-corrected chi connectivity index (χ2v) is 5.52. The Hall–Kier alpha value is -0.940. The fourth-order valence-electron chi connectivity index (χ4n) is 1.27. The summed E-state index contributed by atoms with van der Waals surface area (Å²) in [5, 5.41) is 29.2. The lowest BCUT2D eigenvalue weighted by Gasteiger charge is -2.14. The van der Waals surface area contributed by atoms with E-state index < -0.39 is 11.2 Å². The molecule has 0 aromatic carbocycles. The van der Waals surface area contributed by atoms with Crippen molar-refractivity contribution in [2.45, 2.75) is 65.6 Å². The van der Waals surface area contributed by atoms with E-state index in [1.807, 2.05) is 0 Å². The Kier molecular flexibility index (Phi) is 8.02. The summed E-state index contributed by atoms with van der Waals surface area (Å²) in [5.41, 5.74) is -1.05. The molecule has 0 bridgehead atoms. The van der Waals surface area contributed by atoms with Crippen LogP contribution in [0, 0.1) is 0 Å². The molecule has 0 aromatic rings. The molecule has 0 aliphatic heterocycles. The average molecular weight is 247 g/mol. The van der Waals surface area contributed by atoms with E-state index in [0.717, 1.165) is 0 Å². The molecule has 0 atom stereocenters. The van der Waals surface area contributed by atoms with Crippen LogP contribution in [0.25, 0.3) is 0 Å². The van der Waals surface area contributed by atoms with Gasteiger partial charge in [-0.15, -0.1) is 0 Å². The zero-order valence-corrected chi connectivity index (χ0v) is 11.6. The van der Waals surface area contributed by atoms with Crippen molar-refractivity contribution in [3.63, 3.8) is 0 Å². The van der Waals surface area contributed by atoms with E-state index in [0.29, 0.717) is 12.1 Å². The van der Waals surface area contributed by atoms with Crippen LogP contribution < -0.4 is 0 Å². The zero-order valence-electron chi connectivity index (χ0n) is 11.6. The van der Waals surface area contributed by atoms with Gasteiger partial charge in [-0.05, 0) is 41.5 Å². The average Bonchev–Trinajstić information content (AvgIpc) is 1.96. The molecule has 0 rings (SSSR count). The number of aliphatic hydroxyl groups is 2. The molecule has 0 aromatic heterocycles.